The van der Waals surface area contributed by atoms with Crippen molar-refractivity contribution in [2.75, 3.05) is 0 Å². The number of aromatic nitrogens is 1. The van der Waals surface area contributed by atoms with Gasteiger partial charge in [0.15, 0.2) is 5.75 Å². The summed E-state index contributed by atoms with van der Waals surface area (Å²) < 4.78 is 32.1. The Bertz CT molecular complexity index is 1050. The van der Waals surface area contributed by atoms with Crippen LogP contribution in [-0.4, -0.2) is 13.4 Å². The average molecular weight is 492 g/mol. The summed E-state index contributed by atoms with van der Waals surface area (Å²) in [6, 6.07) is 9.94. The number of rotatable bonds is 3. The molecule has 1 aromatic heterocycles. The third-order valence-corrected chi connectivity index (χ3v) is 6.21. The van der Waals surface area contributed by atoms with Crippen molar-refractivity contribution in [3.05, 3.63) is 62.1 Å². The Morgan fingerprint density at radius 3 is 2.62 bits per heavy atom. The van der Waals surface area contributed by atoms with Gasteiger partial charge in [-0.15, -0.1) is 0 Å². The van der Waals surface area contributed by atoms with Crippen LogP contribution in [0.15, 0.2) is 56.4 Å². The van der Waals surface area contributed by atoms with Crippen molar-refractivity contribution in [1.29, 1.82) is 0 Å². The molecule has 0 aliphatic heterocycles. The molecule has 0 saturated carbocycles. The monoisotopic (exact) mass is 489 g/mol. The number of hydrogen-bond donors (Lipinski definition) is 0. The first-order chi connectivity index (χ1) is 11.3. The van der Waals surface area contributed by atoms with Crippen molar-refractivity contribution < 1.29 is 12.6 Å². The van der Waals surface area contributed by atoms with E-state index in [-0.39, 0.29) is 10.6 Å². The van der Waals surface area contributed by atoms with E-state index in [4.69, 9.17) is 15.8 Å². The molecule has 0 N–H and O–H groups in total. The Kier molecular flexibility index (Phi) is 4.88. The molecule has 0 saturated heterocycles. The van der Waals surface area contributed by atoms with Crippen LogP contribution in [0.5, 0.6) is 5.75 Å². The molecule has 24 heavy (non-hydrogen) atoms. The first kappa shape index (κ1) is 17.7. The molecule has 1 heterocycles. The predicted octanol–water partition coefficient (Wildman–Crippen LogP) is 5.49. The van der Waals surface area contributed by atoms with E-state index in [1.54, 1.807) is 37.4 Å². The molecule has 0 atom stereocenters. The molecule has 0 radical (unpaired) electrons. The molecule has 0 spiro atoms. The number of aryl methyl sites for hydroxylation is 1. The summed E-state index contributed by atoms with van der Waals surface area (Å²) in [5, 5.41) is 1.06. The molecule has 0 unspecified atom stereocenters. The van der Waals surface area contributed by atoms with Crippen molar-refractivity contribution in [3.8, 4) is 5.75 Å². The minimum absolute atomic E-state index is 0.0221. The molecule has 0 amide bonds. The fraction of sp³-hybridized carbons (Fsp3) is 0.0625. The molecule has 0 bridgehead atoms. The Balaban J connectivity index is 2.18. The Morgan fingerprint density at radius 1 is 1.12 bits per heavy atom. The van der Waals surface area contributed by atoms with Crippen LogP contribution < -0.4 is 4.18 Å². The van der Waals surface area contributed by atoms with Gasteiger partial charge in [-0.1, -0.05) is 39.7 Å². The number of fused-ring (bicyclic) bond motifs is 1. The second-order valence-electron chi connectivity index (χ2n) is 5.02. The van der Waals surface area contributed by atoms with Gasteiger partial charge in [-0.2, -0.15) is 8.42 Å². The summed E-state index contributed by atoms with van der Waals surface area (Å²) in [5.41, 5.74) is 0.979. The second kappa shape index (κ2) is 6.63. The number of halogens is 3. The van der Waals surface area contributed by atoms with Crippen LogP contribution in [0.2, 0.25) is 5.02 Å². The van der Waals surface area contributed by atoms with Gasteiger partial charge in [0.1, 0.15) is 10.4 Å². The van der Waals surface area contributed by atoms with Gasteiger partial charge >= 0.3 is 10.1 Å². The van der Waals surface area contributed by atoms with Crippen molar-refractivity contribution in [3.63, 3.8) is 0 Å². The number of pyridine rings is 1. The number of nitrogens with zero attached hydrogens (tertiary/aromatic N) is 1. The maximum absolute atomic E-state index is 12.7. The van der Waals surface area contributed by atoms with Crippen LogP contribution in [0.4, 0.5) is 0 Å². The lowest BCUT2D eigenvalue weighted by Gasteiger charge is -2.13. The fourth-order valence-electron chi connectivity index (χ4n) is 2.22. The summed E-state index contributed by atoms with van der Waals surface area (Å²) in [6.45, 7) is 1.68. The molecule has 0 aliphatic carbocycles. The van der Waals surface area contributed by atoms with Crippen LogP contribution in [-0.2, 0) is 10.1 Å². The second-order valence-corrected chi connectivity index (χ2v) is 8.68. The van der Waals surface area contributed by atoms with Crippen LogP contribution >= 0.6 is 43.5 Å². The number of hydrogen-bond acceptors (Lipinski definition) is 4. The Hall–Kier alpha value is -1.15. The highest BCUT2D eigenvalue weighted by atomic mass is 79.9. The maximum atomic E-state index is 12.7. The van der Waals surface area contributed by atoms with E-state index in [9.17, 15) is 8.42 Å². The molecule has 3 rings (SSSR count). The quantitative estimate of drug-likeness (QED) is 0.455. The third kappa shape index (κ3) is 3.31. The highest BCUT2D eigenvalue weighted by Gasteiger charge is 2.23. The van der Waals surface area contributed by atoms with Gasteiger partial charge in [0.05, 0.1) is 4.47 Å². The zero-order chi connectivity index (χ0) is 17.5. The van der Waals surface area contributed by atoms with Gasteiger partial charge < -0.3 is 4.18 Å². The SMILES string of the molecule is Cc1ccc(Cl)cc1S(=O)(=O)Oc1c(Br)cc(Br)c2cccnc12. The van der Waals surface area contributed by atoms with E-state index in [1.807, 2.05) is 6.07 Å². The highest BCUT2D eigenvalue weighted by molar-refractivity contribution is 9.11. The van der Waals surface area contributed by atoms with Gasteiger partial charge in [-0.25, -0.2) is 0 Å². The normalized spacial score (nSPS) is 11.7. The summed E-state index contributed by atoms with van der Waals surface area (Å²) in [7, 11) is -4.06. The van der Waals surface area contributed by atoms with E-state index in [2.05, 4.69) is 36.8 Å². The Labute approximate surface area is 161 Å². The van der Waals surface area contributed by atoms with Crippen molar-refractivity contribution in [1.82, 2.24) is 4.98 Å². The van der Waals surface area contributed by atoms with E-state index in [1.165, 1.54) is 6.07 Å². The zero-order valence-electron chi connectivity index (χ0n) is 12.3. The highest BCUT2D eigenvalue weighted by Crippen LogP contribution is 2.39. The lowest BCUT2D eigenvalue weighted by atomic mass is 10.2. The van der Waals surface area contributed by atoms with Crippen molar-refractivity contribution >= 4 is 64.5 Å². The largest absolute Gasteiger partial charge is 0.375 e. The molecule has 8 heteroatoms. The van der Waals surface area contributed by atoms with Gasteiger partial charge in [0.2, 0.25) is 0 Å². The summed E-state index contributed by atoms with van der Waals surface area (Å²) in [4.78, 5) is 4.27. The first-order valence-electron chi connectivity index (χ1n) is 6.73. The summed E-state index contributed by atoms with van der Waals surface area (Å²) in [5.74, 6) is 0.133. The van der Waals surface area contributed by atoms with Gasteiger partial charge in [0, 0.05) is 21.1 Å². The zero-order valence-corrected chi connectivity index (χ0v) is 17.0. The minimum Gasteiger partial charge on any atom is -0.375 e. The van der Waals surface area contributed by atoms with Crippen molar-refractivity contribution in [2.24, 2.45) is 0 Å². The standard InChI is InChI=1S/C16H10Br2ClNO3S/c1-9-4-5-10(19)7-14(9)24(21,22)23-16-13(18)8-12(17)11-3-2-6-20-15(11)16/h2-8H,1H3. The van der Waals surface area contributed by atoms with Crippen LogP contribution in [0.1, 0.15) is 5.56 Å². The summed E-state index contributed by atoms with van der Waals surface area (Å²) >= 11 is 12.7. The smallest absolute Gasteiger partial charge is 0.339 e. The van der Waals surface area contributed by atoms with Gasteiger partial charge in [0.25, 0.3) is 0 Å². The molecular weight excluding hydrogens is 482 g/mol. The van der Waals surface area contributed by atoms with Crippen LogP contribution in [0, 0.1) is 6.92 Å². The van der Waals surface area contributed by atoms with Gasteiger partial charge in [-0.3, -0.25) is 4.98 Å². The summed E-state index contributed by atoms with van der Waals surface area (Å²) in [6.07, 6.45) is 1.57. The molecular formula is C16H10Br2ClNO3S. The van der Waals surface area contributed by atoms with E-state index in [0.717, 1.165) is 9.86 Å². The lowest BCUT2D eigenvalue weighted by Crippen LogP contribution is -2.12. The molecule has 0 fully saturated rings. The van der Waals surface area contributed by atoms with E-state index in [0.29, 0.717) is 20.6 Å². The molecule has 3 aromatic rings. The minimum atomic E-state index is -4.06. The topological polar surface area (TPSA) is 56.3 Å². The fourth-order valence-corrected chi connectivity index (χ4v) is 5.13. The first-order valence-corrected chi connectivity index (χ1v) is 10.1. The molecule has 4 nitrogen and oxygen atoms in total. The van der Waals surface area contributed by atoms with Gasteiger partial charge in [-0.05, 0) is 52.7 Å². The Morgan fingerprint density at radius 2 is 1.88 bits per heavy atom. The molecule has 2 aromatic carbocycles. The van der Waals surface area contributed by atoms with E-state index >= 15 is 0 Å². The van der Waals surface area contributed by atoms with Crippen molar-refractivity contribution in [2.45, 2.75) is 11.8 Å². The average Bonchev–Trinajstić information content (AvgIpc) is 2.53. The number of benzene rings is 2. The predicted molar refractivity (Wildman–Crippen MR) is 101 cm³/mol. The molecule has 124 valence electrons. The van der Waals surface area contributed by atoms with Crippen LogP contribution in [0.25, 0.3) is 10.9 Å². The lowest BCUT2D eigenvalue weighted by molar-refractivity contribution is 0.486. The maximum Gasteiger partial charge on any atom is 0.339 e. The third-order valence-electron chi connectivity index (χ3n) is 3.36. The molecule has 0 aliphatic rings. The van der Waals surface area contributed by atoms with E-state index < -0.39 is 10.1 Å². The van der Waals surface area contributed by atoms with Crippen LogP contribution in [0.3, 0.4) is 0 Å².